The molecular weight excluding hydrogens is 373 g/mol. The summed E-state index contributed by atoms with van der Waals surface area (Å²) in [6.07, 6.45) is -0.824. The van der Waals surface area contributed by atoms with E-state index in [0.29, 0.717) is 9.79 Å². The van der Waals surface area contributed by atoms with Crippen LogP contribution in [0.2, 0.25) is 0 Å². The Morgan fingerprint density at radius 1 is 1.11 bits per heavy atom. The Hall–Kier alpha value is -2.87. The van der Waals surface area contributed by atoms with Crippen LogP contribution in [0.4, 0.5) is 9.18 Å². The number of carbonyl (C=O) groups excluding carboxylic acids is 3. The van der Waals surface area contributed by atoms with Gasteiger partial charge in [-0.1, -0.05) is 17.8 Å². The fourth-order valence-corrected chi connectivity index (χ4v) is 3.19. The number of rotatable bonds is 5. The predicted molar refractivity (Wildman–Crippen MR) is 97.4 cm³/mol. The highest BCUT2D eigenvalue weighted by atomic mass is 32.2. The number of imide groups is 1. The lowest BCUT2D eigenvalue weighted by molar-refractivity contribution is 0.0583. The van der Waals surface area contributed by atoms with Gasteiger partial charge in [0.2, 0.25) is 0 Å². The highest BCUT2D eigenvalue weighted by Gasteiger charge is 2.27. The lowest BCUT2D eigenvalue weighted by Gasteiger charge is -2.18. The smallest absolute Gasteiger partial charge is 0.416 e. The summed E-state index contributed by atoms with van der Waals surface area (Å²) in [5, 5.41) is 0. The van der Waals surface area contributed by atoms with Crippen molar-refractivity contribution in [3.8, 4) is 0 Å². The topological polar surface area (TPSA) is 72.9 Å². The van der Waals surface area contributed by atoms with Crippen LogP contribution in [0.25, 0.3) is 0 Å². The zero-order chi connectivity index (χ0) is 20.0. The largest absolute Gasteiger partial charge is 0.465 e. The molecule has 0 spiro atoms. The molecule has 2 amide bonds. The quantitative estimate of drug-likeness (QED) is 0.718. The Morgan fingerprint density at radius 3 is 2.37 bits per heavy atom. The summed E-state index contributed by atoms with van der Waals surface area (Å²) in [6, 6.07) is 10.4. The van der Waals surface area contributed by atoms with Crippen molar-refractivity contribution in [3.05, 3.63) is 59.4 Å². The van der Waals surface area contributed by atoms with Crippen molar-refractivity contribution >= 4 is 29.7 Å². The second-order valence-electron chi connectivity index (χ2n) is 5.29. The van der Waals surface area contributed by atoms with Crippen LogP contribution in [-0.2, 0) is 9.47 Å². The first-order valence-electron chi connectivity index (χ1n) is 7.98. The van der Waals surface area contributed by atoms with E-state index in [1.54, 1.807) is 31.2 Å². The van der Waals surface area contributed by atoms with Gasteiger partial charge in [-0.25, -0.2) is 18.9 Å². The molecule has 0 heterocycles. The van der Waals surface area contributed by atoms with Crippen LogP contribution in [0.15, 0.2) is 52.3 Å². The summed E-state index contributed by atoms with van der Waals surface area (Å²) in [6.45, 7) is 1.73. The molecule has 0 radical (unpaired) electrons. The van der Waals surface area contributed by atoms with Gasteiger partial charge in [0.25, 0.3) is 5.91 Å². The highest BCUT2D eigenvalue weighted by molar-refractivity contribution is 7.99. The molecule has 27 heavy (non-hydrogen) atoms. The van der Waals surface area contributed by atoms with Crippen LogP contribution in [0.5, 0.6) is 0 Å². The van der Waals surface area contributed by atoms with Gasteiger partial charge in [0.05, 0.1) is 24.8 Å². The molecule has 0 N–H and O–H groups in total. The number of nitrogens with zero attached hydrogens (tertiary/aromatic N) is 1. The van der Waals surface area contributed by atoms with Gasteiger partial charge in [-0.3, -0.25) is 4.79 Å². The number of halogens is 1. The van der Waals surface area contributed by atoms with Gasteiger partial charge in [-0.15, -0.1) is 0 Å². The molecule has 0 saturated heterocycles. The monoisotopic (exact) mass is 391 g/mol. The SMILES string of the molecule is CCOC(=O)N(C)C(=O)c1cccc(Sc2ccc(F)cc2)c1C(=O)OC. The van der Waals surface area contributed by atoms with Gasteiger partial charge < -0.3 is 9.47 Å². The molecule has 0 unspecified atom stereocenters. The van der Waals surface area contributed by atoms with Gasteiger partial charge in [-0.2, -0.15) is 0 Å². The Morgan fingerprint density at radius 2 is 1.78 bits per heavy atom. The van der Waals surface area contributed by atoms with Crippen LogP contribution in [0.1, 0.15) is 27.6 Å². The summed E-state index contributed by atoms with van der Waals surface area (Å²) in [7, 11) is 2.46. The van der Waals surface area contributed by atoms with Crippen LogP contribution in [-0.4, -0.2) is 43.6 Å². The first-order valence-corrected chi connectivity index (χ1v) is 8.80. The van der Waals surface area contributed by atoms with Gasteiger partial charge in [0.1, 0.15) is 5.82 Å². The lowest BCUT2D eigenvalue weighted by Crippen LogP contribution is -2.34. The first-order chi connectivity index (χ1) is 12.9. The van der Waals surface area contributed by atoms with Gasteiger partial charge >= 0.3 is 12.1 Å². The number of ether oxygens (including phenoxy) is 2. The van der Waals surface area contributed by atoms with Crippen molar-refractivity contribution in [1.82, 2.24) is 4.90 Å². The molecule has 0 aliphatic carbocycles. The third-order valence-corrected chi connectivity index (χ3v) is 4.60. The molecule has 0 saturated carbocycles. The number of hydrogen-bond donors (Lipinski definition) is 0. The molecule has 0 aliphatic rings. The second kappa shape index (κ2) is 9.18. The van der Waals surface area contributed by atoms with Crippen LogP contribution in [0.3, 0.4) is 0 Å². The molecule has 2 aromatic rings. The zero-order valence-corrected chi connectivity index (χ0v) is 15.8. The average molecular weight is 391 g/mol. The Balaban J connectivity index is 2.45. The number of amides is 2. The van der Waals surface area contributed by atoms with Gasteiger partial charge in [-0.05, 0) is 43.3 Å². The fraction of sp³-hybridized carbons (Fsp3) is 0.211. The lowest BCUT2D eigenvalue weighted by atomic mass is 10.1. The standard InChI is InChI=1S/C19H18FNO5S/c1-4-26-19(24)21(2)17(22)14-6-5-7-15(16(14)18(23)25-3)27-13-10-8-12(20)9-11-13/h5-11H,4H2,1-3H3. The van der Waals surface area contributed by atoms with E-state index in [4.69, 9.17) is 9.47 Å². The highest BCUT2D eigenvalue weighted by Crippen LogP contribution is 2.33. The second-order valence-corrected chi connectivity index (χ2v) is 6.40. The van der Waals surface area contributed by atoms with E-state index in [2.05, 4.69) is 0 Å². The summed E-state index contributed by atoms with van der Waals surface area (Å²) in [4.78, 5) is 38.8. The van der Waals surface area contributed by atoms with E-state index >= 15 is 0 Å². The van der Waals surface area contributed by atoms with E-state index in [9.17, 15) is 18.8 Å². The number of methoxy groups -OCH3 is 1. The molecule has 6 nitrogen and oxygen atoms in total. The Kier molecular flexibility index (Phi) is 6.95. The Labute approximate surface area is 160 Å². The van der Waals surface area contributed by atoms with Gasteiger partial charge in [0.15, 0.2) is 0 Å². The van der Waals surface area contributed by atoms with Crippen molar-refractivity contribution in [1.29, 1.82) is 0 Å². The number of esters is 1. The minimum atomic E-state index is -0.824. The third kappa shape index (κ3) is 4.85. The third-order valence-electron chi connectivity index (χ3n) is 3.53. The fourth-order valence-electron chi connectivity index (χ4n) is 2.22. The molecule has 0 aromatic heterocycles. The van der Waals surface area contributed by atoms with Crippen molar-refractivity contribution < 1.29 is 28.2 Å². The molecular formula is C19H18FNO5S. The van der Waals surface area contributed by atoms with E-state index in [-0.39, 0.29) is 23.6 Å². The van der Waals surface area contributed by atoms with Gasteiger partial charge in [0, 0.05) is 16.8 Å². The van der Waals surface area contributed by atoms with Crippen molar-refractivity contribution in [2.24, 2.45) is 0 Å². The number of carbonyl (C=O) groups is 3. The summed E-state index contributed by atoms with van der Waals surface area (Å²) >= 11 is 1.17. The number of hydrogen-bond acceptors (Lipinski definition) is 6. The van der Waals surface area contributed by atoms with Crippen LogP contribution >= 0.6 is 11.8 Å². The summed E-state index contributed by atoms with van der Waals surface area (Å²) < 4.78 is 22.7. The first kappa shape index (κ1) is 20.4. The van der Waals surface area contributed by atoms with E-state index in [1.165, 1.54) is 44.1 Å². The summed E-state index contributed by atoms with van der Waals surface area (Å²) in [5.74, 6) is -1.80. The van der Waals surface area contributed by atoms with E-state index in [0.717, 1.165) is 4.90 Å². The van der Waals surface area contributed by atoms with E-state index < -0.39 is 18.0 Å². The molecule has 0 bridgehead atoms. The minimum absolute atomic E-state index is 0.00418. The molecule has 142 valence electrons. The molecule has 0 atom stereocenters. The molecule has 8 heteroatoms. The normalized spacial score (nSPS) is 10.2. The zero-order valence-electron chi connectivity index (χ0n) is 15.0. The van der Waals surface area contributed by atoms with Crippen LogP contribution in [0, 0.1) is 5.82 Å². The Bertz CT molecular complexity index is 854. The van der Waals surface area contributed by atoms with E-state index in [1.807, 2.05) is 0 Å². The number of benzene rings is 2. The molecule has 2 aromatic carbocycles. The molecule has 0 aliphatic heterocycles. The average Bonchev–Trinajstić information content (AvgIpc) is 2.68. The minimum Gasteiger partial charge on any atom is -0.465 e. The summed E-state index contributed by atoms with van der Waals surface area (Å²) in [5.41, 5.74) is 0.0278. The maximum atomic E-state index is 13.1. The maximum absolute atomic E-state index is 13.1. The van der Waals surface area contributed by atoms with Crippen molar-refractivity contribution in [2.75, 3.05) is 20.8 Å². The van der Waals surface area contributed by atoms with Crippen molar-refractivity contribution in [2.45, 2.75) is 16.7 Å². The van der Waals surface area contributed by atoms with Crippen molar-refractivity contribution in [3.63, 3.8) is 0 Å². The molecule has 2 rings (SSSR count). The molecule has 0 fully saturated rings. The predicted octanol–water partition coefficient (Wildman–Crippen LogP) is 3.99. The van der Waals surface area contributed by atoms with Crippen LogP contribution < -0.4 is 0 Å². The maximum Gasteiger partial charge on any atom is 0.416 e.